The van der Waals surface area contributed by atoms with Gasteiger partial charge < -0.3 is 9.84 Å². The van der Waals surface area contributed by atoms with Gasteiger partial charge in [-0.3, -0.25) is 9.79 Å². The van der Waals surface area contributed by atoms with Crippen LogP contribution in [0.1, 0.15) is 37.0 Å². The van der Waals surface area contributed by atoms with Gasteiger partial charge in [0, 0.05) is 19.1 Å². The summed E-state index contributed by atoms with van der Waals surface area (Å²) in [4.78, 5) is 27.5. The number of allylic oxidation sites excluding steroid dienone is 2. The molecule has 0 aliphatic rings. The number of ketones is 1. The first kappa shape index (κ1) is 17.9. The van der Waals surface area contributed by atoms with Crippen LogP contribution in [-0.4, -0.2) is 30.2 Å². The van der Waals surface area contributed by atoms with Crippen molar-refractivity contribution in [2.45, 2.75) is 26.7 Å². The lowest BCUT2D eigenvalue weighted by atomic mass is 10.1. The molecule has 0 bridgehead atoms. The molecule has 0 unspecified atom stereocenters. The van der Waals surface area contributed by atoms with Crippen LogP contribution in [0.25, 0.3) is 0 Å². The maximum Gasteiger partial charge on any atom is 0.339 e. The molecule has 0 radical (unpaired) electrons. The number of carbonyl (C=O) groups excluding carboxylic acids is 2. The van der Waals surface area contributed by atoms with Crippen molar-refractivity contribution >= 4 is 35.3 Å². The summed E-state index contributed by atoms with van der Waals surface area (Å²) in [5, 5.41) is 9.94. The highest BCUT2D eigenvalue weighted by Gasteiger charge is 2.14. The zero-order chi connectivity index (χ0) is 16.7. The highest BCUT2D eigenvalue weighted by atomic mass is 35.5. The zero-order valence-electron chi connectivity index (χ0n) is 12.7. The van der Waals surface area contributed by atoms with E-state index in [9.17, 15) is 14.7 Å². The number of Topliss-reactive ketones (excluding diaryl/α,β-unsaturated/α-hetero) is 1. The lowest BCUT2D eigenvalue weighted by Crippen LogP contribution is -2.06. The van der Waals surface area contributed by atoms with Crippen molar-refractivity contribution in [3.05, 3.63) is 40.1 Å². The molecule has 0 aliphatic carbocycles. The molecule has 118 valence electrons. The van der Waals surface area contributed by atoms with Crippen LogP contribution in [-0.2, 0) is 9.53 Å². The van der Waals surface area contributed by atoms with Crippen molar-refractivity contribution in [3.8, 4) is 0 Å². The first-order valence-electron chi connectivity index (χ1n) is 6.82. The van der Waals surface area contributed by atoms with Crippen molar-refractivity contribution in [1.82, 2.24) is 0 Å². The Morgan fingerprint density at radius 3 is 2.55 bits per heavy atom. The highest BCUT2D eigenvalue weighted by molar-refractivity contribution is 6.36. The summed E-state index contributed by atoms with van der Waals surface area (Å²) < 4.78 is 4.63. The Kier molecular flexibility index (Phi) is 6.79. The molecule has 0 spiro atoms. The molecule has 1 rings (SSSR count). The molecule has 0 saturated carbocycles. The van der Waals surface area contributed by atoms with E-state index < -0.39 is 5.97 Å². The number of ether oxygens (including phenoxy) is 1. The summed E-state index contributed by atoms with van der Waals surface area (Å²) in [6.07, 6.45) is 1.84. The summed E-state index contributed by atoms with van der Waals surface area (Å²) >= 11 is 6.11. The minimum Gasteiger partial charge on any atom is -0.512 e. The average molecular weight is 324 g/mol. The van der Waals surface area contributed by atoms with Gasteiger partial charge in [-0.15, -0.1) is 0 Å². The molecule has 0 fully saturated rings. The van der Waals surface area contributed by atoms with E-state index in [1.54, 1.807) is 26.0 Å². The zero-order valence-corrected chi connectivity index (χ0v) is 13.5. The first-order valence-corrected chi connectivity index (χ1v) is 7.20. The fourth-order valence-corrected chi connectivity index (χ4v) is 1.96. The van der Waals surface area contributed by atoms with Gasteiger partial charge in [-0.2, -0.15) is 0 Å². The van der Waals surface area contributed by atoms with Crippen molar-refractivity contribution in [2.24, 2.45) is 4.99 Å². The second-order valence-corrected chi connectivity index (χ2v) is 4.76. The lowest BCUT2D eigenvalue weighted by Gasteiger charge is -2.05. The van der Waals surface area contributed by atoms with Crippen molar-refractivity contribution in [2.75, 3.05) is 7.11 Å². The quantitative estimate of drug-likeness (QED) is 0.371. The summed E-state index contributed by atoms with van der Waals surface area (Å²) in [6.45, 7) is 3.43. The molecular weight excluding hydrogens is 306 g/mol. The average Bonchev–Trinajstić information content (AvgIpc) is 2.54. The largest absolute Gasteiger partial charge is 0.512 e. The van der Waals surface area contributed by atoms with E-state index in [4.69, 9.17) is 11.6 Å². The van der Waals surface area contributed by atoms with Crippen molar-refractivity contribution in [3.63, 3.8) is 0 Å². The van der Waals surface area contributed by atoms with Gasteiger partial charge in [-0.25, -0.2) is 4.79 Å². The van der Waals surface area contributed by atoms with Gasteiger partial charge in [0.15, 0.2) is 5.78 Å². The van der Waals surface area contributed by atoms with Crippen LogP contribution in [0, 0.1) is 0 Å². The summed E-state index contributed by atoms with van der Waals surface area (Å²) in [5.74, 6) is -0.821. The third-order valence-electron chi connectivity index (χ3n) is 2.98. The molecule has 0 amide bonds. The number of hydrogen-bond acceptors (Lipinski definition) is 5. The number of aliphatic hydroxyl groups excluding tert-OH is 1. The van der Waals surface area contributed by atoms with Crippen molar-refractivity contribution < 1.29 is 19.4 Å². The molecule has 0 aromatic heterocycles. The standard InChI is InChI=1S/C16H18ClNO4/c1-4-13(19)11(14(20)5-2)9-18-12-8-6-7-10(15(12)17)16(21)22-3/h6-9,19H,4-5H2,1-3H3. The number of benzene rings is 1. The highest BCUT2D eigenvalue weighted by Crippen LogP contribution is 2.29. The van der Waals surface area contributed by atoms with Crippen LogP contribution in [0.5, 0.6) is 0 Å². The van der Waals surface area contributed by atoms with Gasteiger partial charge in [-0.05, 0) is 12.1 Å². The van der Waals surface area contributed by atoms with E-state index in [2.05, 4.69) is 9.73 Å². The van der Waals surface area contributed by atoms with Gasteiger partial charge in [-0.1, -0.05) is 31.5 Å². The fraction of sp³-hybridized carbons (Fsp3) is 0.312. The van der Waals surface area contributed by atoms with Crippen molar-refractivity contribution in [1.29, 1.82) is 0 Å². The molecule has 6 heteroatoms. The number of methoxy groups -OCH3 is 1. The summed E-state index contributed by atoms with van der Waals surface area (Å²) in [6, 6.07) is 4.72. The lowest BCUT2D eigenvalue weighted by molar-refractivity contribution is -0.114. The Morgan fingerprint density at radius 2 is 2.00 bits per heavy atom. The maximum atomic E-state index is 11.8. The molecule has 0 atom stereocenters. The van der Waals surface area contributed by atoms with Crippen LogP contribution >= 0.6 is 11.6 Å². The predicted octanol–water partition coefficient (Wildman–Crippen LogP) is 4.03. The van der Waals surface area contributed by atoms with Gasteiger partial charge in [0.25, 0.3) is 0 Å². The first-order chi connectivity index (χ1) is 10.5. The van der Waals surface area contributed by atoms with Crippen LogP contribution in [0.3, 0.4) is 0 Å². The Bertz CT molecular complexity index is 635. The minimum absolute atomic E-state index is 0.0316. The Labute approximate surface area is 134 Å². The number of esters is 1. The molecule has 22 heavy (non-hydrogen) atoms. The van der Waals surface area contributed by atoms with E-state index in [1.807, 2.05) is 0 Å². The van der Waals surface area contributed by atoms with E-state index >= 15 is 0 Å². The van der Waals surface area contributed by atoms with Gasteiger partial charge in [0.2, 0.25) is 0 Å². The monoisotopic (exact) mass is 323 g/mol. The molecule has 5 nitrogen and oxygen atoms in total. The number of halogens is 1. The van der Waals surface area contributed by atoms with E-state index in [1.165, 1.54) is 19.4 Å². The SMILES string of the molecule is CCC(=O)C(C=Nc1cccc(C(=O)OC)c1Cl)=C(O)CC. The summed E-state index contributed by atoms with van der Waals surface area (Å²) in [7, 11) is 1.26. The van der Waals surface area contributed by atoms with Crippen LogP contribution in [0.15, 0.2) is 34.5 Å². The Hall–Kier alpha value is -2.14. The number of aliphatic hydroxyl groups is 1. The third-order valence-corrected chi connectivity index (χ3v) is 3.38. The third kappa shape index (κ3) is 4.18. The summed E-state index contributed by atoms with van der Waals surface area (Å²) in [5.41, 5.74) is 0.644. The molecule has 0 aliphatic heterocycles. The van der Waals surface area contributed by atoms with Crippen LogP contribution < -0.4 is 0 Å². The van der Waals surface area contributed by atoms with E-state index in [-0.39, 0.29) is 34.1 Å². The predicted molar refractivity (Wildman–Crippen MR) is 86.2 cm³/mol. The van der Waals surface area contributed by atoms with E-state index in [0.717, 1.165) is 0 Å². The van der Waals surface area contributed by atoms with Crippen LogP contribution in [0.2, 0.25) is 5.02 Å². The number of carbonyl (C=O) groups is 2. The van der Waals surface area contributed by atoms with Gasteiger partial charge >= 0.3 is 5.97 Å². The second-order valence-electron chi connectivity index (χ2n) is 4.38. The molecule has 1 aromatic carbocycles. The second kappa shape index (κ2) is 8.34. The number of rotatable bonds is 6. The maximum absolute atomic E-state index is 11.8. The number of nitrogens with zero attached hydrogens (tertiary/aromatic N) is 1. The van der Waals surface area contributed by atoms with E-state index in [0.29, 0.717) is 12.1 Å². The number of hydrogen-bond donors (Lipinski definition) is 1. The normalized spacial score (nSPS) is 12.2. The minimum atomic E-state index is -0.571. The van der Waals surface area contributed by atoms with Gasteiger partial charge in [0.05, 0.1) is 29.0 Å². The Balaban J connectivity index is 3.23. The van der Waals surface area contributed by atoms with Gasteiger partial charge in [0.1, 0.15) is 5.76 Å². The fourth-order valence-electron chi connectivity index (χ4n) is 1.71. The molecule has 1 aromatic rings. The molecular formula is C16H18ClNO4. The molecule has 1 N–H and O–H groups in total. The van der Waals surface area contributed by atoms with Crippen LogP contribution in [0.4, 0.5) is 5.69 Å². The molecule has 0 saturated heterocycles. The topological polar surface area (TPSA) is 76.0 Å². The Morgan fingerprint density at radius 1 is 1.32 bits per heavy atom. The number of aliphatic imine (C=N–C) groups is 1. The smallest absolute Gasteiger partial charge is 0.339 e. The molecule has 0 heterocycles.